The summed E-state index contributed by atoms with van der Waals surface area (Å²) in [5, 5.41) is 1.56. The molecule has 0 saturated carbocycles. The molecule has 2 aromatic carbocycles. The van der Waals surface area contributed by atoms with Crippen LogP contribution in [0.5, 0.6) is 0 Å². The molecule has 2 heterocycles. The second kappa shape index (κ2) is 6.65. The van der Waals surface area contributed by atoms with Gasteiger partial charge in [0.2, 0.25) is 5.91 Å². The second-order valence-electron chi connectivity index (χ2n) is 7.84. The molecule has 8 heteroatoms. The Morgan fingerprint density at radius 2 is 1.89 bits per heavy atom. The van der Waals surface area contributed by atoms with Crippen molar-refractivity contribution in [1.29, 1.82) is 0 Å². The number of likely N-dealkylation sites (tertiary alicyclic amines) is 1. The summed E-state index contributed by atoms with van der Waals surface area (Å²) in [5.41, 5.74) is 6.55. The number of anilines is 1. The zero-order valence-corrected chi connectivity index (χ0v) is 17.0. The summed E-state index contributed by atoms with van der Waals surface area (Å²) in [5.74, 6) is -0.182. The highest BCUT2D eigenvalue weighted by Crippen LogP contribution is 2.42. The van der Waals surface area contributed by atoms with Gasteiger partial charge in [-0.3, -0.25) is 9.10 Å². The van der Waals surface area contributed by atoms with Gasteiger partial charge >= 0.3 is 0 Å². The van der Waals surface area contributed by atoms with Crippen LogP contribution in [0.4, 0.5) is 5.69 Å². The third kappa shape index (κ3) is 3.07. The molecule has 2 aliphatic rings. The number of hydrogen-bond acceptors (Lipinski definition) is 4. The number of rotatable bonds is 2. The molecule has 2 N–H and O–H groups in total. The van der Waals surface area contributed by atoms with Crippen LogP contribution in [0.2, 0.25) is 0 Å². The standard InChI is InChI=1S/C19H23N3O3S.ClH/c1-19(2)12-21(10-9-16(19)20)17(23)11-22-14-7-3-5-13-6-4-8-15(18(13)14)26(22,24)25;/h3-8,16H,9-12,20H2,1-2H3;1H. The predicted octanol–water partition coefficient (Wildman–Crippen LogP) is 2.36. The van der Waals surface area contributed by atoms with Crippen LogP contribution in [0, 0.1) is 5.41 Å². The zero-order valence-electron chi connectivity index (χ0n) is 15.4. The molecule has 1 fully saturated rings. The molecule has 2 aromatic rings. The summed E-state index contributed by atoms with van der Waals surface area (Å²) in [6.45, 7) is 5.01. The summed E-state index contributed by atoms with van der Waals surface area (Å²) < 4.78 is 27.2. The van der Waals surface area contributed by atoms with Gasteiger partial charge in [-0.15, -0.1) is 12.4 Å². The lowest BCUT2D eigenvalue weighted by Crippen LogP contribution is -2.55. The number of amides is 1. The Hall–Kier alpha value is -1.83. The Morgan fingerprint density at radius 1 is 1.22 bits per heavy atom. The topological polar surface area (TPSA) is 83.7 Å². The summed E-state index contributed by atoms with van der Waals surface area (Å²) >= 11 is 0. The number of piperidine rings is 1. The predicted molar refractivity (Wildman–Crippen MR) is 109 cm³/mol. The average molecular weight is 410 g/mol. The van der Waals surface area contributed by atoms with Crippen molar-refractivity contribution in [2.24, 2.45) is 11.1 Å². The van der Waals surface area contributed by atoms with Crippen molar-refractivity contribution in [2.45, 2.75) is 31.2 Å². The van der Waals surface area contributed by atoms with Gasteiger partial charge in [-0.2, -0.15) is 0 Å². The average Bonchev–Trinajstić information content (AvgIpc) is 2.81. The number of hydrogen-bond donors (Lipinski definition) is 1. The minimum atomic E-state index is -3.71. The minimum absolute atomic E-state index is 0. The normalized spacial score (nSPS) is 22.6. The SMILES string of the molecule is CC1(C)CN(C(=O)CN2c3cccc4cccc(c34)S2(=O)=O)CCC1N.Cl. The second-order valence-corrected chi connectivity index (χ2v) is 9.67. The van der Waals surface area contributed by atoms with Crippen LogP contribution in [0.1, 0.15) is 20.3 Å². The van der Waals surface area contributed by atoms with Crippen molar-refractivity contribution in [1.82, 2.24) is 4.90 Å². The fourth-order valence-electron chi connectivity index (χ4n) is 3.94. The summed E-state index contributed by atoms with van der Waals surface area (Å²) in [4.78, 5) is 14.9. The maximum Gasteiger partial charge on any atom is 0.265 e. The van der Waals surface area contributed by atoms with Crippen LogP contribution in [0.25, 0.3) is 10.8 Å². The number of sulfonamides is 1. The van der Waals surface area contributed by atoms with Gasteiger partial charge in [0.05, 0.1) is 10.6 Å². The van der Waals surface area contributed by atoms with E-state index in [1.54, 1.807) is 23.1 Å². The van der Waals surface area contributed by atoms with E-state index in [1.165, 1.54) is 4.31 Å². The van der Waals surface area contributed by atoms with E-state index in [1.807, 2.05) is 32.0 Å². The highest BCUT2D eigenvalue weighted by atomic mass is 35.5. The van der Waals surface area contributed by atoms with E-state index in [0.29, 0.717) is 24.2 Å². The molecule has 2 aliphatic heterocycles. The quantitative estimate of drug-likeness (QED) is 0.825. The van der Waals surface area contributed by atoms with Crippen LogP contribution in [-0.2, 0) is 14.8 Å². The lowest BCUT2D eigenvalue weighted by Gasteiger charge is -2.43. The molecular formula is C19H24ClN3O3S. The number of halogens is 1. The van der Waals surface area contributed by atoms with E-state index in [0.717, 1.165) is 11.8 Å². The molecule has 0 spiro atoms. The van der Waals surface area contributed by atoms with E-state index >= 15 is 0 Å². The number of nitrogens with zero attached hydrogens (tertiary/aromatic N) is 2. The molecule has 6 nitrogen and oxygen atoms in total. The zero-order chi connectivity index (χ0) is 18.7. The molecular weight excluding hydrogens is 386 g/mol. The highest BCUT2D eigenvalue weighted by molar-refractivity contribution is 7.93. The fourth-order valence-corrected chi connectivity index (χ4v) is 5.60. The molecule has 0 radical (unpaired) electrons. The molecule has 27 heavy (non-hydrogen) atoms. The van der Waals surface area contributed by atoms with E-state index < -0.39 is 10.0 Å². The van der Waals surface area contributed by atoms with Crippen molar-refractivity contribution in [3.63, 3.8) is 0 Å². The highest BCUT2D eigenvalue weighted by Gasteiger charge is 2.40. The van der Waals surface area contributed by atoms with Crippen molar-refractivity contribution in [2.75, 3.05) is 23.9 Å². The lowest BCUT2D eigenvalue weighted by atomic mass is 9.79. The first kappa shape index (κ1) is 19.9. The van der Waals surface area contributed by atoms with Gasteiger partial charge in [-0.1, -0.05) is 38.1 Å². The van der Waals surface area contributed by atoms with Crippen LogP contribution < -0.4 is 10.0 Å². The maximum absolute atomic E-state index is 13.0. The van der Waals surface area contributed by atoms with Crippen LogP contribution >= 0.6 is 12.4 Å². The fraction of sp³-hybridized carbons (Fsp3) is 0.421. The molecule has 1 unspecified atom stereocenters. The Morgan fingerprint density at radius 3 is 2.56 bits per heavy atom. The molecule has 146 valence electrons. The van der Waals surface area contributed by atoms with Crippen molar-refractivity contribution < 1.29 is 13.2 Å². The molecule has 1 atom stereocenters. The minimum Gasteiger partial charge on any atom is -0.340 e. The molecule has 4 rings (SSSR count). The lowest BCUT2D eigenvalue weighted by molar-refractivity contribution is -0.132. The largest absolute Gasteiger partial charge is 0.340 e. The molecule has 1 amide bonds. The Balaban J connectivity index is 0.00000210. The van der Waals surface area contributed by atoms with Crippen LogP contribution in [-0.4, -0.2) is 44.9 Å². The van der Waals surface area contributed by atoms with E-state index in [4.69, 9.17) is 5.73 Å². The van der Waals surface area contributed by atoms with Crippen molar-refractivity contribution in [3.05, 3.63) is 36.4 Å². The maximum atomic E-state index is 13.0. The first-order chi connectivity index (χ1) is 12.2. The Labute approximate surface area is 165 Å². The van der Waals surface area contributed by atoms with Crippen LogP contribution in [0.3, 0.4) is 0 Å². The van der Waals surface area contributed by atoms with E-state index in [2.05, 4.69) is 0 Å². The summed E-state index contributed by atoms with van der Waals surface area (Å²) in [6, 6.07) is 10.7. The van der Waals surface area contributed by atoms with Gasteiger partial charge in [0.25, 0.3) is 10.0 Å². The van der Waals surface area contributed by atoms with Crippen LogP contribution in [0.15, 0.2) is 41.3 Å². The molecule has 0 bridgehead atoms. The first-order valence-electron chi connectivity index (χ1n) is 8.80. The third-order valence-electron chi connectivity index (χ3n) is 5.62. The summed E-state index contributed by atoms with van der Waals surface area (Å²) in [6.07, 6.45) is 0.724. The molecule has 0 aliphatic carbocycles. The number of carbonyl (C=O) groups excluding carboxylic acids is 1. The van der Waals surface area contributed by atoms with Gasteiger partial charge < -0.3 is 10.6 Å². The summed E-state index contributed by atoms with van der Waals surface area (Å²) in [7, 11) is -3.71. The smallest absolute Gasteiger partial charge is 0.265 e. The molecule has 1 saturated heterocycles. The van der Waals surface area contributed by atoms with Crippen molar-refractivity contribution >= 4 is 44.8 Å². The van der Waals surface area contributed by atoms with E-state index in [9.17, 15) is 13.2 Å². The Bertz CT molecular complexity index is 1000. The first-order valence-corrected chi connectivity index (χ1v) is 10.2. The number of carbonyl (C=O) groups is 1. The van der Waals surface area contributed by atoms with Gasteiger partial charge in [-0.25, -0.2) is 8.42 Å². The van der Waals surface area contributed by atoms with Gasteiger partial charge in [-0.05, 0) is 29.4 Å². The third-order valence-corrected chi connectivity index (χ3v) is 7.43. The van der Waals surface area contributed by atoms with Gasteiger partial charge in [0.1, 0.15) is 6.54 Å². The van der Waals surface area contributed by atoms with Gasteiger partial charge in [0.15, 0.2) is 0 Å². The Kier molecular flexibility index (Phi) is 4.91. The number of benzene rings is 2. The monoisotopic (exact) mass is 409 g/mol. The van der Waals surface area contributed by atoms with Gasteiger partial charge in [0, 0.05) is 24.5 Å². The number of nitrogens with two attached hydrogens (primary N) is 1. The molecule has 0 aromatic heterocycles. The van der Waals surface area contributed by atoms with Crippen molar-refractivity contribution in [3.8, 4) is 0 Å². The van der Waals surface area contributed by atoms with E-state index in [-0.39, 0.29) is 41.2 Å².